The third kappa shape index (κ3) is 1.61. The molecule has 14 heavy (non-hydrogen) atoms. The summed E-state index contributed by atoms with van der Waals surface area (Å²) in [5, 5.41) is 0.623. The van der Waals surface area contributed by atoms with Crippen molar-refractivity contribution < 1.29 is 9.13 Å². The molecule has 2 rings (SSSR count). The number of nitrogens with one attached hydrogen (secondary N) is 1. The van der Waals surface area contributed by atoms with Gasteiger partial charge in [0.05, 0.1) is 10.2 Å². The monoisotopic (exact) mass is 213 g/mol. The highest BCUT2D eigenvalue weighted by Crippen LogP contribution is 2.28. The summed E-state index contributed by atoms with van der Waals surface area (Å²) in [4.78, 5) is 4.17. The van der Waals surface area contributed by atoms with E-state index >= 15 is 0 Å². The molecular formula is C8H8FN3OS. The molecule has 4 nitrogen and oxygen atoms in total. The molecule has 0 bridgehead atoms. The van der Waals surface area contributed by atoms with Crippen molar-refractivity contribution in [2.45, 2.75) is 0 Å². The Labute approximate surface area is 83.5 Å². The molecule has 0 aliphatic rings. The summed E-state index contributed by atoms with van der Waals surface area (Å²) < 4.78 is 17.5. The lowest BCUT2D eigenvalue weighted by atomic mass is 10.3. The topological polar surface area (TPSA) is 60.2 Å². The van der Waals surface area contributed by atoms with Gasteiger partial charge in [0.2, 0.25) is 6.86 Å². The molecule has 1 aromatic heterocycles. The van der Waals surface area contributed by atoms with Gasteiger partial charge in [0.1, 0.15) is 5.75 Å². The first-order chi connectivity index (χ1) is 6.83. The van der Waals surface area contributed by atoms with Gasteiger partial charge in [-0.25, -0.2) is 15.2 Å². The quantitative estimate of drug-likeness (QED) is 0.603. The second-order valence-electron chi connectivity index (χ2n) is 2.55. The number of hydrogen-bond acceptors (Lipinski definition) is 5. The molecule has 1 aromatic carbocycles. The van der Waals surface area contributed by atoms with E-state index in [4.69, 9.17) is 10.6 Å². The number of alkyl halides is 1. The fourth-order valence-corrected chi connectivity index (χ4v) is 1.92. The van der Waals surface area contributed by atoms with Crippen LogP contribution >= 0.6 is 11.3 Å². The number of hydrogen-bond donors (Lipinski definition) is 2. The summed E-state index contributed by atoms with van der Waals surface area (Å²) in [7, 11) is 0. The van der Waals surface area contributed by atoms with Crippen molar-refractivity contribution in [3.8, 4) is 5.75 Å². The molecule has 6 heteroatoms. The Kier molecular flexibility index (Phi) is 2.47. The molecule has 0 amide bonds. The van der Waals surface area contributed by atoms with Crippen molar-refractivity contribution in [3.05, 3.63) is 18.2 Å². The summed E-state index contributed by atoms with van der Waals surface area (Å²) in [6.45, 7) is -0.827. The smallest absolute Gasteiger partial charge is 0.228 e. The van der Waals surface area contributed by atoms with Gasteiger partial charge >= 0.3 is 0 Å². The number of hydrazine groups is 1. The summed E-state index contributed by atoms with van der Waals surface area (Å²) in [5.74, 6) is 5.71. The van der Waals surface area contributed by atoms with Gasteiger partial charge in [-0.2, -0.15) is 0 Å². The molecule has 0 unspecified atom stereocenters. The van der Waals surface area contributed by atoms with E-state index in [0.717, 1.165) is 10.2 Å². The van der Waals surface area contributed by atoms with E-state index in [0.29, 0.717) is 10.9 Å². The van der Waals surface area contributed by atoms with Crippen LogP contribution < -0.4 is 16.0 Å². The average molecular weight is 213 g/mol. The Balaban J connectivity index is 2.43. The van der Waals surface area contributed by atoms with E-state index in [1.165, 1.54) is 11.3 Å². The number of rotatable bonds is 3. The zero-order valence-corrected chi connectivity index (χ0v) is 7.97. The van der Waals surface area contributed by atoms with Crippen molar-refractivity contribution in [3.63, 3.8) is 0 Å². The summed E-state index contributed by atoms with van der Waals surface area (Å²) in [5.41, 5.74) is 3.27. The van der Waals surface area contributed by atoms with Gasteiger partial charge in [-0.05, 0) is 18.2 Å². The number of anilines is 1. The minimum Gasteiger partial charge on any atom is -0.463 e. The largest absolute Gasteiger partial charge is 0.463 e. The highest BCUT2D eigenvalue weighted by molar-refractivity contribution is 7.22. The number of benzene rings is 1. The fourth-order valence-electron chi connectivity index (χ4n) is 1.12. The number of halogens is 1. The van der Waals surface area contributed by atoms with Gasteiger partial charge < -0.3 is 4.74 Å². The highest BCUT2D eigenvalue weighted by atomic mass is 32.1. The van der Waals surface area contributed by atoms with Crippen LogP contribution in [0.5, 0.6) is 5.75 Å². The first kappa shape index (κ1) is 9.17. The van der Waals surface area contributed by atoms with Crippen LogP contribution in [0.2, 0.25) is 0 Å². The lowest BCUT2D eigenvalue weighted by molar-refractivity contribution is 0.192. The Bertz CT molecular complexity index is 445. The predicted octanol–water partition coefficient (Wildman–Crippen LogP) is 1.89. The minimum absolute atomic E-state index is 0.493. The van der Waals surface area contributed by atoms with Crippen LogP contribution in [0.15, 0.2) is 18.2 Å². The summed E-state index contributed by atoms with van der Waals surface area (Å²) in [6.07, 6.45) is 0. The van der Waals surface area contributed by atoms with Crippen LogP contribution in [0.3, 0.4) is 0 Å². The maximum Gasteiger partial charge on any atom is 0.228 e. The Morgan fingerprint density at radius 1 is 1.57 bits per heavy atom. The van der Waals surface area contributed by atoms with Gasteiger partial charge in [0, 0.05) is 0 Å². The van der Waals surface area contributed by atoms with Crippen LogP contribution in [0, 0.1) is 0 Å². The Morgan fingerprint density at radius 3 is 3.14 bits per heavy atom. The number of nitrogens with zero attached hydrogens (tertiary/aromatic N) is 1. The molecule has 0 aliphatic carbocycles. The zero-order chi connectivity index (χ0) is 9.97. The lowest BCUT2D eigenvalue weighted by Crippen LogP contribution is -2.05. The van der Waals surface area contributed by atoms with Crippen LogP contribution in [0.4, 0.5) is 9.52 Å². The Morgan fingerprint density at radius 2 is 2.43 bits per heavy atom. The molecule has 74 valence electrons. The molecule has 0 radical (unpaired) electrons. The number of nitrogens with two attached hydrogens (primary N) is 1. The first-order valence-corrected chi connectivity index (χ1v) is 4.71. The number of fused-ring (bicyclic) bond motifs is 1. The molecule has 2 aromatic rings. The van der Waals surface area contributed by atoms with Crippen molar-refractivity contribution in [1.82, 2.24) is 4.98 Å². The lowest BCUT2D eigenvalue weighted by Gasteiger charge is -1.98. The molecule has 1 heterocycles. The van der Waals surface area contributed by atoms with Gasteiger partial charge in [-0.1, -0.05) is 11.3 Å². The van der Waals surface area contributed by atoms with Crippen LogP contribution in [-0.2, 0) is 0 Å². The zero-order valence-electron chi connectivity index (χ0n) is 7.16. The Hall–Kier alpha value is -1.40. The normalized spacial score (nSPS) is 10.4. The van der Waals surface area contributed by atoms with E-state index in [2.05, 4.69) is 10.4 Å². The molecule has 0 atom stereocenters. The fraction of sp³-hybridized carbons (Fsp3) is 0.125. The number of thiazole rings is 1. The van der Waals surface area contributed by atoms with E-state index in [1.54, 1.807) is 18.2 Å². The third-order valence-electron chi connectivity index (χ3n) is 1.70. The van der Waals surface area contributed by atoms with Crippen molar-refractivity contribution >= 4 is 26.7 Å². The van der Waals surface area contributed by atoms with E-state index < -0.39 is 6.86 Å². The molecular weight excluding hydrogens is 205 g/mol. The first-order valence-electron chi connectivity index (χ1n) is 3.89. The second kappa shape index (κ2) is 3.77. The van der Waals surface area contributed by atoms with E-state index in [-0.39, 0.29) is 0 Å². The van der Waals surface area contributed by atoms with Crippen molar-refractivity contribution in [2.75, 3.05) is 12.3 Å². The SMILES string of the molecule is NNc1nc2ccc(OCF)cc2s1. The molecule has 0 spiro atoms. The van der Waals surface area contributed by atoms with Crippen LogP contribution in [0.1, 0.15) is 0 Å². The van der Waals surface area contributed by atoms with Gasteiger partial charge in [-0.15, -0.1) is 0 Å². The van der Waals surface area contributed by atoms with Crippen LogP contribution in [-0.4, -0.2) is 11.8 Å². The number of aromatic nitrogens is 1. The van der Waals surface area contributed by atoms with E-state index in [1.807, 2.05) is 0 Å². The van der Waals surface area contributed by atoms with Crippen LogP contribution in [0.25, 0.3) is 10.2 Å². The molecule has 0 aliphatic heterocycles. The number of nitrogen functional groups attached to an aromatic ring is 1. The van der Waals surface area contributed by atoms with Crippen molar-refractivity contribution in [1.29, 1.82) is 0 Å². The maximum absolute atomic E-state index is 11.9. The molecule has 0 saturated carbocycles. The maximum atomic E-state index is 11.9. The standard InChI is InChI=1S/C8H8FN3OS/c9-4-13-5-1-2-6-7(3-5)14-8(11-6)12-10/h1-3H,4,10H2,(H,11,12). The van der Waals surface area contributed by atoms with Gasteiger partial charge in [0.25, 0.3) is 0 Å². The third-order valence-corrected chi connectivity index (χ3v) is 2.65. The average Bonchev–Trinajstić information content (AvgIpc) is 2.60. The molecule has 0 fully saturated rings. The highest BCUT2D eigenvalue weighted by Gasteiger charge is 2.03. The minimum atomic E-state index is -0.827. The summed E-state index contributed by atoms with van der Waals surface area (Å²) >= 11 is 1.39. The predicted molar refractivity (Wildman–Crippen MR) is 54.0 cm³/mol. The summed E-state index contributed by atoms with van der Waals surface area (Å²) in [6, 6.07) is 5.16. The molecule has 0 saturated heterocycles. The number of ether oxygens (including phenoxy) is 1. The second-order valence-corrected chi connectivity index (χ2v) is 3.58. The van der Waals surface area contributed by atoms with Gasteiger partial charge in [0.15, 0.2) is 5.13 Å². The molecule has 3 N–H and O–H groups in total. The van der Waals surface area contributed by atoms with Crippen molar-refractivity contribution in [2.24, 2.45) is 5.84 Å². The van der Waals surface area contributed by atoms with Gasteiger partial charge in [-0.3, -0.25) is 5.43 Å². The van der Waals surface area contributed by atoms with E-state index in [9.17, 15) is 4.39 Å².